The van der Waals surface area contributed by atoms with Crippen molar-refractivity contribution < 1.29 is 4.74 Å². The molecule has 0 bridgehead atoms. The lowest BCUT2D eigenvalue weighted by atomic mass is 10.1. The molecular formula is C11H19ClN2O. The van der Waals surface area contributed by atoms with E-state index in [0.717, 1.165) is 5.69 Å². The van der Waals surface area contributed by atoms with Gasteiger partial charge < -0.3 is 4.74 Å². The normalized spacial score (nSPS) is 10.5. The third-order valence-corrected chi connectivity index (χ3v) is 1.97. The lowest BCUT2D eigenvalue weighted by Gasteiger charge is -2.21. The molecule has 0 unspecified atom stereocenters. The van der Waals surface area contributed by atoms with Gasteiger partial charge in [-0.15, -0.1) is 0 Å². The zero-order valence-electron chi connectivity index (χ0n) is 10.0. The molecule has 0 radical (unpaired) electrons. The van der Waals surface area contributed by atoms with Crippen molar-refractivity contribution in [2.45, 2.75) is 39.7 Å². The van der Waals surface area contributed by atoms with Crippen LogP contribution in [0.2, 0.25) is 5.15 Å². The average Bonchev–Trinajstić information content (AvgIpc) is 2.19. The van der Waals surface area contributed by atoms with E-state index in [0.29, 0.717) is 5.15 Å². The molecule has 1 rings (SSSR count). The van der Waals surface area contributed by atoms with Gasteiger partial charge in [-0.3, -0.25) is 0 Å². The SMILES string of the molecule is CCC.COC(C)(C)c1cc(Cl)ncn1. The van der Waals surface area contributed by atoms with Crippen molar-refractivity contribution in [1.29, 1.82) is 0 Å². The monoisotopic (exact) mass is 230 g/mol. The third kappa shape index (κ3) is 5.09. The average molecular weight is 231 g/mol. The summed E-state index contributed by atoms with van der Waals surface area (Å²) in [5.41, 5.74) is 0.372. The maximum absolute atomic E-state index is 5.70. The van der Waals surface area contributed by atoms with Crippen molar-refractivity contribution in [3.05, 3.63) is 23.2 Å². The molecule has 0 amide bonds. The smallest absolute Gasteiger partial charge is 0.132 e. The number of aromatic nitrogens is 2. The lowest BCUT2D eigenvalue weighted by Crippen LogP contribution is -2.21. The highest BCUT2D eigenvalue weighted by atomic mass is 35.5. The Morgan fingerprint density at radius 1 is 1.33 bits per heavy atom. The van der Waals surface area contributed by atoms with Gasteiger partial charge in [0.2, 0.25) is 0 Å². The van der Waals surface area contributed by atoms with E-state index in [1.165, 1.54) is 12.7 Å². The molecule has 0 aliphatic heterocycles. The molecule has 0 aliphatic rings. The van der Waals surface area contributed by atoms with Crippen molar-refractivity contribution in [3.63, 3.8) is 0 Å². The first-order chi connectivity index (χ1) is 6.97. The van der Waals surface area contributed by atoms with Crippen LogP contribution in [0.15, 0.2) is 12.4 Å². The highest BCUT2D eigenvalue weighted by molar-refractivity contribution is 6.29. The molecule has 0 aromatic carbocycles. The van der Waals surface area contributed by atoms with Crippen molar-refractivity contribution in [2.75, 3.05) is 7.11 Å². The summed E-state index contributed by atoms with van der Waals surface area (Å²) < 4.78 is 5.23. The second kappa shape index (κ2) is 6.75. The van der Waals surface area contributed by atoms with Gasteiger partial charge in [-0.05, 0) is 13.8 Å². The molecule has 1 aromatic rings. The van der Waals surface area contributed by atoms with Crippen LogP contribution in [0, 0.1) is 0 Å². The van der Waals surface area contributed by atoms with Crippen LogP contribution < -0.4 is 0 Å². The first-order valence-electron chi connectivity index (χ1n) is 5.01. The summed E-state index contributed by atoms with van der Waals surface area (Å²) in [6, 6.07) is 1.70. The van der Waals surface area contributed by atoms with E-state index in [9.17, 15) is 0 Å². The molecule has 1 heterocycles. The van der Waals surface area contributed by atoms with Gasteiger partial charge in [-0.2, -0.15) is 0 Å². The molecule has 1 aromatic heterocycles. The fourth-order valence-corrected chi connectivity index (χ4v) is 0.914. The molecule has 0 saturated carbocycles. The second-order valence-corrected chi connectivity index (χ2v) is 4.03. The van der Waals surface area contributed by atoms with Gasteiger partial charge in [0.05, 0.1) is 5.69 Å². The van der Waals surface area contributed by atoms with Crippen LogP contribution in [0.4, 0.5) is 0 Å². The Bertz CT molecular complexity index is 290. The summed E-state index contributed by atoms with van der Waals surface area (Å²) in [5, 5.41) is 0.435. The van der Waals surface area contributed by atoms with E-state index in [-0.39, 0.29) is 0 Å². The van der Waals surface area contributed by atoms with Crippen LogP contribution in [0.1, 0.15) is 39.8 Å². The summed E-state index contributed by atoms with van der Waals surface area (Å²) in [5.74, 6) is 0. The van der Waals surface area contributed by atoms with Crippen molar-refractivity contribution in [2.24, 2.45) is 0 Å². The number of hydrogen-bond acceptors (Lipinski definition) is 3. The van der Waals surface area contributed by atoms with Crippen molar-refractivity contribution in [1.82, 2.24) is 9.97 Å². The molecule has 0 saturated heterocycles. The Labute approximate surface area is 96.8 Å². The van der Waals surface area contributed by atoms with E-state index in [1.807, 2.05) is 13.8 Å². The van der Waals surface area contributed by atoms with Gasteiger partial charge in [-0.1, -0.05) is 31.9 Å². The summed E-state index contributed by atoms with van der Waals surface area (Å²) in [6.45, 7) is 8.09. The van der Waals surface area contributed by atoms with Crippen LogP contribution >= 0.6 is 11.6 Å². The quantitative estimate of drug-likeness (QED) is 0.731. The van der Waals surface area contributed by atoms with E-state index >= 15 is 0 Å². The lowest BCUT2D eigenvalue weighted by molar-refractivity contribution is 0.0154. The van der Waals surface area contributed by atoms with Crippen LogP contribution in [0.5, 0.6) is 0 Å². The maximum atomic E-state index is 5.70. The maximum Gasteiger partial charge on any atom is 0.132 e. The van der Waals surface area contributed by atoms with Gasteiger partial charge in [-0.25, -0.2) is 9.97 Å². The molecule has 3 nitrogen and oxygen atoms in total. The summed E-state index contributed by atoms with van der Waals surface area (Å²) in [7, 11) is 1.63. The molecule has 0 atom stereocenters. The van der Waals surface area contributed by atoms with Crippen LogP contribution in [0.3, 0.4) is 0 Å². The van der Waals surface area contributed by atoms with Crippen molar-refractivity contribution >= 4 is 11.6 Å². The fraction of sp³-hybridized carbons (Fsp3) is 0.636. The van der Waals surface area contributed by atoms with Crippen molar-refractivity contribution in [3.8, 4) is 0 Å². The first kappa shape index (κ1) is 14.3. The summed E-state index contributed by atoms with van der Waals surface area (Å²) in [4.78, 5) is 7.85. The largest absolute Gasteiger partial charge is 0.373 e. The number of rotatable bonds is 2. The number of ether oxygens (including phenoxy) is 1. The third-order valence-electron chi connectivity index (χ3n) is 1.76. The Hall–Kier alpha value is -0.670. The minimum atomic E-state index is -0.410. The Morgan fingerprint density at radius 2 is 1.87 bits per heavy atom. The van der Waals surface area contributed by atoms with Gasteiger partial charge in [0.15, 0.2) is 0 Å². The summed E-state index contributed by atoms with van der Waals surface area (Å²) in [6.07, 6.45) is 2.68. The highest BCUT2D eigenvalue weighted by Gasteiger charge is 2.21. The fourth-order valence-electron chi connectivity index (χ4n) is 0.767. The molecule has 4 heteroatoms. The van der Waals surface area contributed by atoms with Gasteiger partial charge >= 0.3 is 0 Å². The Balaban J connectivity index is 0.000000583. The standard InChI is InChI=1S/C8H11ClN2O.C3H8/c1-8(2,12-3)6-4-7(9)11-5-10-6;1-3-2/h4-5H,1-3H3;3H2,1-2H3. The Morgan fingerprint density at radius 3 is 2.27 bits per heavy atom. The van der Waals surface area contributed by atoms with Crippen LogP contribution in [-0.2, 0) is 10.3 Å². The topological polar surface area (TPSA) is 35.0 Å². The number of hydrogen-bond donors (Lipinski definition) is 0. The molecule has 0 fully saturated rings. The second-order valence-electron chi connectivity index (χ2n) is 3.65. The predicted molar refractivity (Wildman–Crippen MR) is 63.0 cm³/mol. The molecule has 0 N–H and O–H groups in total. The number of nitrogens with zero attached hydrogens (tertiary/aromatic N) is 2. The van der Waals surface area contributed by atoms with E-state index in [2.05, 4.69) is 23.8 Å². The van der Waals surface area contributed by atoms with E-state index < -0.39 is 5.60 Å². The number of halogens is 1. The zero-order valence-corrected chi connectivity index (χ0v) is 10.8. The molecule has 0 aliphatic carbocycles. The van der Waals surface area contributed by atoms with Crippen LogP contribution in [-0.4, -0.2) is 17.1 Å². The van der Waals surface area contributed by atoms with Crippen LogP contribution in [0.25, 0.3) is 0 Å². The minimum absolute atomic E-state index is 0.410. The summed E-state index contributed by atoms with van der Waals surface area (Å²) >= 11 is 5.70. The molecule has 0 spiro atoms. The minimum Gasteiger partial charge on any atom is -0.373 e. The van der Waals surface area contributed by atoms with E-state index in [4.69, 9.17) is 16.3 Å². The molecule has 15 heavy (non-hydrogen) atoms. The van der Waals surface area contributed by atoms with Gasteiger partial charge in [0.25, 0.3) is 0 Å². The van der Waals surface area contributed by atoms with Gasteiger partial charge in [0, 0.05) is 13.2 Å². The molecule has 86 valence electrons. The first-order valence-corrected chi connectivity index (χ1v) is 5.38. The van der Waals surface area contributed by atoms with Gasteiger partial charge in [0.1, 0.15) is 17.1 Å². The van der Waals surface area contributed by atoms with E-state index in [1.54, 1.807) is 13.2 Å². The highest BCUT2D eigenvalue weighted by Crippen LogP contribution is 2.22. The number of methoxy groups -OCH3 is 1. The Kier molecular flexibility index (Phi) is 6.45. The molecular weight excluding hydrogens is 212 g/mol. The zero-order chi connectivity index (χ0) is 11.9. The predicted octanol–water partition coefficient (Wildman–Crippen LogP) is 3.43.